The lowest BCUT2D eigenvalue weighted by atomic mass is 10.2. The fourth-order valence-electron chi connectivity index (χ4n) is 2.36. The topological polar surface area (TPSA) is 69.6 Å². The van der Waals surface area contributed by atoms with Crippen LogP contribution in [0.15, 0.2) is 30.3 Å². The van der Waals surface area contributed by atoms with E-state index in [1.54, 1.807) is 0 Å². The van der Waals surface area contributed by atoms with Crippen LogP contribution in [0.25, 0.3) is 0 Å². The molecule has 0 unspecified atom stereocenters. The van der Waals surface area contributed by atoms with Gasteiger partial charge in [-0.15, -0.1) is 12.4 Å². The summed E-state index contributed by atoms with van der Waals surface area (Å²) >= 11 is 0. The Morgan fingerprint density at radius 1 is 1.30 bits per heavy atom. The highest BCUT2D eigenvalue weighted by Gasteiger charge is 2.30. The molecule has 1 aromatic carbocycles. The van der Waals surface area contributed by atoms with Gasteiger partial charge in [0.1, 0.15) is 6.04 Å². The van der Waals surface area contributed by atoms with Gasteiger partial charge in [0.15, 0.2) is 0 Å². The number of benzene rings is 1. The number of carboxylic acids is 1. The summed E-state index contributed by atoms with van der Waals surface area (Å²) in [5.74, 6) is -0.872. The molecule has 0 radical (unpaired) electrons. The fourth-order valence-corrected chi connectivity index (χ4v) is 2.36. The van der Waals surface area contributed by atoms with Crippen LogP contribution in [0, 0.1) is 0 Å². The molecule has 0 bridgehead atoms. The van der Waals surface area contributed by atoms with Crippen LogP contribution in [0.3, 0.4) is 0 Å². The van der Waals surface area contributed by atoms with Crippen molar-refractivity contribution in [2.45, 2.75) is 25.3 Å². The third-order valence-electron chi connectivity index (χ3n) is 3.33. The lowest BCUT2D eigenvalue weighted by molar-refractivity contribution is -0.142. The van der Waals surface area contributed by atoms with Gasteiger partial charge in [0.2, 0.25) is 5.91 Å². The normalized spacial score (nSPS) is 18.3. The first kappa shape index (κ1) is 16.5. The molecule has 1 fully saturated rings. The number of aliphatic carboxylic acids is 1. The number of amides is 1. The summed E-state index contributed by atoms with van der Waals surface area (Å²) in [6, 6.07) is 8.83. The third kappa shape index (κ3) is 4.51. The maximum Gasteiger partial charge on any atom is 0.320 e. The van der Waals surface area contributed by atoms with E-state index in [4.69, 9.17) is 5.11 Å². The summed E-state index contributed by atoms with van der Waals surface area (Å²) in [5.41, 5.74) is 0.767. The van der Waals surface area contributed by atoms with Gasteiger partial charge < -0.3 is 10.4 Å². The van der Waals surface area contributed by atoms with Crippen LogP contribution in [0.2, 0.25) is 0 Å². The second-order valence-electron chi connectivity index (χ2n) is 4.70. The van der Waals surface area contributed by atoms with E-state index in [1.165, 1.54) is 0 Å². The molecule has 1 saturated heterocycles. The van der Waals surface area contributed by atoms with Gasteiger partial charge in [0.25, 0.3) is 0 Å². The van der Waals surface area contributed by atoms with Crippen molar-refractivity contribution in [3.63, 3.8) is 0 Å². The first-order chi connectivity index (χ1) is 9.16. The van der Waals surface area contributed by atoms with Gasteiger partial charge in [-0.3, -0.25) is 14.5 Å². The number of carboxylic acid groups (broad SMARTS) is 1. The SMILES string of the molecule is Cl.O=C(CCN1CCC[C@H]1C(=O)O)Nc1ccccc1. The van der Waals surface area contributed by atoms with Crippen molar-refractivity contribution in [3.05, 3.63) is 30.3 Å². The van der Waals surface area contributed by atoms with E-state index in [-0.39, 0.29) is 18.3 Å². The molecule has 0 aliphatic carbocycles. The molecule has 1 amide bonds. The van der Waals surface area contributed by atoms with E-state index < -0.39 is 12.0 Å². The van der Waals surface area contributed by atoms with Crippen LogP contribution in [-0.2, 0) is 9.59 Å². The van der Waals surface area contributed by atoms with Crippen LogP contribution < -0.4 is 5.32 Å². The highest BCUT2D eigenvalue weighted by atomic mass is 35.5. The molecule has 0 aromatic heterocycles. The molecular formula is C14H19ClN2O3. The van der Waals surface area contributed by atoms with E-state index in [0.29, 0.717) is 19.4 Å². The van der Waals surface area contributed by atoms with Crippen molar-refractivity contribution in [2.75, 3.05) is 18.4 Å². The summed E-state index contributed by atoms with van der Waals surface area (Å²) in [4.78, 5) is 24.6. The summed E-state index contributed by atoms with van der Waals surface area (Å²) < 4.78 is 0. The van der Waals surface area contributed by atoms with Gasteiger partial charge in [-0.1, -0.05) is 18.2 Å². The molecule has 2 rings (SSSR count). The molecule has 0 spiro atoms. The Balaban J connectivity index is 0.00000200. The highest BCUT2D eigenvalue weighted by molar-refractivity contribution is 5.90. The summed E-state index contributed by atoms with van der Waals surface area (Å²) in [5, 5.41) is 11.8. The second kappa shape index (κ2) is 7.87. The smallest absolute Gasteiger partial charge is 0.320 e. The Morgan fingerprint density at radius 2 is 2.00 bits per heavy atom. The summed E-state index contributed by atoms with van der Waals surface area (Å²) in [6.07, 6.45) is 1.88. The van der Waals surface area contributed by atoms with E-state index in [2.05, 4.69) is 5.32 Å². The van der Waals surface area contributed by atoms with Crippen LogP contribution in [0.1, 0.15) is 19.3 Å². The number of hydrogen-bond donors (Lipinski definition) is 2. The first-order valence-corrected chi connectivity index (χ1v) is 6.48. The predicted molar refractivity (Wildman–Crippen MR) is 79.2 cm³/mol. The Labute approximate surface area is 124 Å². The number of rotatable bonds is 5. The van der Waals surface area contributed by atoms with Crippen molar-refractivity contribution in [1.29, 1.82) is 0 Å². The Morgan fingerprint density at radius 3 is 2.65 bits per heavy atom. The van der Waals surface area contributed by atoms with Crippen molar-refractivity contribution in [1.82, 2.24) is 4.90 Å². The van der Waals surface area contributed by atoms with Gasteiger partial charge in [0.05, 0.1) is 0 Å². The van der Waals surface area contributed by atoms with Crippen LogP contribution >= 0.6 is 12.4 Å². The Hall–Kier alpha value is -1.59. The van der Waals surface area contributed by atoms with E-state index in [1.807, 2.05) is 35.2 Å². The quantitative estimate of drug-likeness (QED) is 0.872. The minimum atomic E-state index is -0.791. The molecule has 1 aliphatic heterocycles. The van der Waals surface area contributed by atoms with Crippen molar-refractivity contribution in [3.8, 4) is 0 Å². The molecule has 20 heavy (non-hydrogen) atoms. The zero-order valence-corrected chi connectivity index (χ0v) is 11.9. The maximum atomic E-state index is 11.8. The number of hydrogen-bond acceptors (Lipinski definition) is 3. The molecule has 1 atom stereocenters. The molecule has 1 heterocycles. The largest absolute Gasteiger partial charge is 0.480 e. The molecule has 6 heteroatoms. The monoisotopic (exact) mass is 298 g/mol. The standard InChI is InChI=1S/C14H18N2O3.ClH/c17-13(15-11-5-2-1-3-6-11)8-10-16-9-4-7-12(16)14(18)19;/h1-3,5-6,12H,4,7-10H2,(H,15,17)(H,18,19);1H/t12-;/m0./s1. The summed E-state index contributed by atoms with van der Waals surface area (Å²) in [7, 11) is 0. The number of para-hydroxylation sites is 1. The lowest BCUT2D eigenvalue weighted by Gasteiger charge is -2.20. The number of carbonyl (C=O) groups is 2. The van der Waals surface area contributed by atoms with Crippen LogP contribution in [0.5, 0.6) is 0 Å². The molecule has 0 saturated carbocycles. The average molecular weight is 299 g/mol. The zero-order valence-electron chi connectivity index (χ0n) is 11.1. The van der Waals surface area contributed by atoms with Gasteiger partial charge in [-0.05, 0) is 31.5 Å². The number of nitrogens with one attached hydrogen (secondary N) is 1. The fraction of sp³-hybridized carbons (Fsp3) is 0.429. The van der Waals surface area contributed by atoms with Gasteiger partial charge in [0, 0.05) is 18.7 Å². The molecule has 2 N–H and O–H groups in total. The average Bonchev–Trinajstić information content (AvgIpc) is 2.86. The molecular weight excluding hydrogens is 280 g/mol. The minimum Gasteiger partial charge on any atom is -0.480 e. The van der Waals surface area contributed by atoms with Gasteiger partial charge in [-0.25, -0.2) is 0 Å². The van der Waals surface area contributed by atoms with Crippen LogP contribution in [0.4, 0.5) is 5.69 Å². The van der Waals surface area contributed by atoms with Gasteiger partial charge in [-0.2, -0.15) is 0 Å². The third-order valence-corrected chi connectivity index (χ3v) is 3.33. The summed E-state index contributed by atoms with van der Waals surface area (Å²) in [6.45, 7) is 1.26. The predicted octanol–water partition coefficient (Wildman–Crippen LogP) is 1.99. The molecule has 1 aromatic rings. The number of anilines is 1. The Kier molecular flexibility index (Phi) is 6.48. The number of carbonyl (C=O) groups excluding carboxylic acids is 1. The second-order valence-corrected chi connectivity index (χ2v) is 4.70. The molecule has 5 nitrogen and oxygen atoms in total. The number of halogens is 1. The van der Waals surface area contributed by atoms with E-state index in [0.717, 1.165) is 18.7 Å². The van der Waals surface area contributed by atoms with E-state index >= 15 is 0 Å². The highest BCUT2D eigenvalue weighted by Crippen LogP contribution is 2.17. The van der Waals surface area contributed by atoms with Crippen molar-refractivity contribution >= 4 is 30.0 Å². The van der Waals surface area contributed by atoms with Gasteiger partial charge >= 0.3 is 5.97 Å². The molecule has 1 aliphatic rings. The number of likely N-dealkylation sites (tertiary alicyclic amines) is 1. The minimum absolute atomic E-state index is 0. The van der Waals surface area contributed by atoms with E-state index in [9.17, 15) is 9.59 Å². The lowest BCUT2D eigenvalue weighted by Crippen LogP contribution is -2.37. The van der Waals surface area contributed by atoms with Crippen LogP contribution in [-0.4, -0.2) is 41.0 Å². The van der Waals surface area contributed by atoms with Crippen molar-refractivity contribution < 1.29 is 14.7 Å². The Bertz CT molecular complexity index is 453. The van der Waals surface area contributed by atoms with Crippen molar-refractivity contribution in [2.24, 2.45) is 0 Å². The number of nitrogens with zero attached hydrogens (tertiary/aromatic N) is 1. The first-order valence-electron chi connectivity index (χ1n) is 6.48. The zero-order chi connectivity index (χ0) is 13.7. The molecule has 110 valence electrons. The maximum absolute atomic E-state index is 11.8.